The first-order valence-electron chi connectivity index (χ1n) is 9.62. The van der Waals surface area contributed by atoms with Gasteiger partial charge in [-0.1, -0.05) is 31.5 Å². The molecule has 0 radical (unpaired) electrons. The van der Waals surface area contributed by atoms with Crippen LogP contribution in [0.2, 0.25) is 0 Å². The third-order valence-electron chi connectivity index (χ3n) is 5.47. The van der Waals surface area contributed by atoms with Crippen LogP contribution < -0.4 is 5.32 Å². The fourth-order valence-corrected chi connectivity index (χ4v) is 3.85. The summed E-state index contributed by atoms with van der Waals surface area (Å²) in [6, 6.07) is 8.09. The van der Waals surface area contributed by atoms with E-state index in [9.17, 15) is 4.79 Å². The molecule has 1 aromatic carbocycles. The molecule has 27 heavy (non-hydrogen) atoms. The van der Waals surface area contributed by atoms with Crippen LogP contribution in [0, 0.1) is 0 Å². The van der Waals surface area contributed by atoms with Crippen LogP contribution in [0.5, 0.6) is 0 Å². The second kappa shape index (κ2) is 9.58. The quantitative estimate of drug-likeness (QED) is 0.773. The second-order valence-electron chi connectivity index (χ2n) is 7.21. The number of methoxy groups -OCH3 is 1. The van der Waals surface area contributed by atoms with Crippen LogP contribution in [0.3, 0.4) is 0 Å². The normalized spacial score (nSPS) is 16.1. The molecule has 3 rings (SSSR count). The van der Waals surface area contributed by atoms with Crippen molar-refractivity contribution in [2.24, 2.45) is 0 Å². The van der Waals surface area contributed by atoms with Gasteiger partial charge in [0.15, 0.2) is 0 Å². The van der Waals surface area contributed by atoms with Gasteiger partial charge in [-0.25, -0.2) is 0 Å². The lowest BCUT2D eigenvalue weighted by Gasteiger charge is -2.37. The number of hydrogen-bond acceptors (Lipinski definition) is 4. The molecule has 150 valence electrons. The first-order valence-corrected chi connectivity index (χ1v) is 9.62. The fraction of sp³-hybridized carbons (Fsp3) is 0.571. The van der Waals surface area contributed by atoms with E-state index in [4.69, 9.17) is 9.15 Å². The maximum absolute atomic E-state index is 13.2. The monoisotopic (exact) mass is 394 g/mol. The van der Waals surface area contributed by atoms with Crippen molar-refractivity contribution < 1.29 is 13.9 Å². The number of nitrogens with one attached hydrogen (secondary N) is 1. The van der Waals surface area contributed by atoms with Crippen LogP contribution >= 0.6 is 12.4 Å². The zero-order valence-electron chi connectivity index (χ0n) is 16.5. The largest absolute Gasteiger partial charge is 0.461 e. The number of unbranched alkanes of at least 4 members (excludes halogenated alkanes) is 1. The molecular formula is C21H31ClN2O3. The van der Waals surface area contributed by atoms with Gasteiger partial charge >= 0.3 is 0 Å². The molecule has 5 nitrogen and oxygen atoms in total. The molecule has 0 unspecified atom stereocenters. The topological polar surface area (TPSA) is 54.7 Å². The number of rotatable bonds is 7. The third kappa shape index (κ3) is 4.48. The highest BCUT2D eigenvalue weighted by atomic mass is 35.5. The number of aryl methyl sites for hydroxylation is 1. The summed E-state index contributed by atoms with van der Waals surface area (Å²) >= 11 is 0. The van der Waals surface area contributed by atoms with E-state index in [0.717, 1.165) is 54.6 Å². The van der Waals surface area contributed by atoms with Gasteiger partial charge in [0.1, 0.15) is 16.9 Å². The standard InChI is InChI=1S/C21H30N2O3.ClH/c1-4-5-9-19-17(16-8-6-7-10-18(16)26-19)15-23(2)20(24)21(25-3)11-13-22-14-12-21;/h6-8,10,22H,4-5,9,11-15H2,1-3H3;1H. The number of para-hydroxylation sites is 1. The van der Waals surface area contributed by atoms with Crippen molar-refractivity contribution >= 4 is 29.3 Å². The van der Waals surface area contributed by atoms with Gasteiger partial charge in [0.25, 0.3) is 5.91 Å². The Morgan fingerprint density at radius 2 is 2.00 bits per heavy atom. The number of furan rings is 1. The van der Waals surface area contributed by atoms with Crippen LogP contribution in [-0.4, -0.2) is 43.7 Å². The maximum atomic E-state index is 13.2. The van der Waals surface area contributed by atoms with E-state index in [-0.39, 0.29) is 18.3 Å². The number of piperidine rings is 1. The van der Waals surface area contributed by atoms with Gasteiger partial charge < -0.3 is 19.4 Å². The predicted molar refractivity (Wildman–Crippen MR) is 110 cm³/mol. The number of halogens is 1. The van der Waals surface area contributed by atoms with Crippen molar-refractivity contribution in [3.63, 3.8) is 0 Å². The highest BCUT2D eigenvalue weighted by molar-refractivity contribution is 5.87. The van der Waals surface area contributed by atoms with Crippen LogP contribution in [-0.2, 0) is 22.5 Å². The van der Waals surface area contributed by atoms with E-state index in [0.29, 0.717) is 19.4 Å². The average Bonchev–Trinajstić information content (AvgIpc) is 3.03. The predicted octanol–water partition coefficient (Wildman–Crippen LogP) is 3.92. The van der Waals surface area contributed by atoms with Crippen molar-refractivity contribution in [2.45, 2.75) is 51.2 Å². The summed E-state index contributed by atoms with van der Waals surface area (Å²) in [5, 5.41) is 4.41. The molecule has 1 aromatic heterocycles. The molecule has 0 saturated carbocycles. The smallest absolute Gasteiger partial charge is 0.254 e. The first kappa shape index (κ1) is 21.7. The summed E-state index contributed by atoms with van der Waals surface area (Å²) in [4.78, 5) is 15.0. The van der Waals surface area contributed by atoms with E-state index >= 15 is 0 Å². The van der Waals surface area contributed by atoms with Gasteiger partial charge in [-0.3, -0.25) is 4.79 Å². The molecule has 1 aliphatic heterocycles. The lowest BCUT2D eigenvalue weighted by atomic mass is 9.90. The van der Waals surface area contributed by atoms with Crippen molar-refractivity contribution in [2.75, 3.05) is 27.2 Å². The molecule has 0 bridgehead atoms. The molecule has 0 aliphatic carbocycles. The van der Waals surface area contributed by atoms with Crippen molar-refractivity contribution in [1.82, 2.24) is 10.2 Å². The number of ether oxygens (including phenoxy) is 1. The lowest BCUT2D eigenvalue weighted by molar-refractivity contribution is -0.157. The average molecular weight is 395 g/mol. The molecule has 2 aromatic rings. The van der Waals surface area contributed by atoms with Crippen LogP contribution in [0.15, 0.2) is 28.7 Å². The zero-order chi connectivity index (χ0) is 18.6. The van der Waals surface area contributed by atoms with E-state index in [1.54, 1.807) is 7.11 Å². The summed E-state index contributed by atoms with van der Waals surface area (Å²) in [6.45, 7) is 4.35. The summed E-state index contributed by atoms with van der Waals surface area (Å²) < 4.78 is 11.8. The van der Waals surface area contributed by atoms with Gasteiger partial charge in [-0.15, -0.1) is 12.4 Å². The Labute approximate surface area is 167 Å². The molecule has 1 amide bonds. The number of hydrogen-bond donors (Lipinski definition) is 1. The Balaban J connectivity index is 0.00000261. The molecule has 6 heteroatoms. The number of nitrogens with zero attached hydrogens (tertiary/aromatic N) is 1. The van der Waals surface area contributed by atoms with E-state index < -0.39 is 5.60 Å². The minimum atomic E-state index is -0.705. The van der Waals surface area contributed by atoms with Gasteiger partial charge in [0, 0.05) is 38.1 Å². The first-order chi connectivity index (χ1) is 12.6. The number of amides is 1. The minimum absolute atomic E-state index is 0. The molecule has 1 N–H and O–H groups in total. The minimum Gasteiger partial charge on any atom is -0.461 e. The van der Waals surface area contributed by atoms with Crippen molar-refractivity contribution in [1.29, 1.82) is 0 Å². The van der Waals surface area contributed by atoms with E-state index in [1.165, 1.54) is 0 Å². The van der Waals surface area contributed by atoms with Crippen LogP contribution in [0.1, 0.15) is 43.9 Å². The highest BCUT2D eigenvalue weighted by Crippen LogP contribution is 2.30. The fourth-order valence-electron chi connectivity index (χ4n) is 3.85. The molecular weight excluding hydrogens is 364 g/mol. The van der Waals surface area contributed by atoms with E-state index in [1.807, 2.05) is 30.1 Å². The Hall–Kier alpha value is -1.56. The Kier molecular flexibility index (Phi) is 7.71. The Bertz CT molecular complexity index is 753. The summed E-state index contributed by atoms with van der Waals surface area (Å²) in [6.07, 6.45) is 4.52. The van der Waals surface area contributed by atoms with Gasteiger partial charge in [-0.05, 0) is 38.4 Å². The molecule has 0 atom stereocenters. The Morgan fingerprint density at radius 1 is 1.30 bits per heavy atom. The SMILES string of the molecule is CCCCc1oc2ccccc2c1CN(C)C(=O)C1(OC)CCNCC1.Cl. The van der Waals surface area contributed by atoms with Gasteiger partial charge in [0.2, 0.25) is 0 Å². The van der Waals surface area contributed by atoms with Crippen molar-refractivity contribution in [3.8, 4) is 0 Å². The molecule has 1 fully saturated rings. The van der Waals surface area contributed by atoms with Gasteiger partial charge in [0.05, 0.1) is 0 Å². The van der Waals surface area contributed by atoms with Crippen molar-refractivity contribution in [3.05, 3.63) is 35.6 Å². The molecule has 1 aliphatic rings. The molecule has 2 heterocycles. The third-order valence-corrected chi connectivity index (χ3v) is 5.47. The highest BCUT2D eigenvalue weighted by Gasteiger charge is 2.41. The summed E-state index contributed by atoms with van der Waals surface area (Å²) in [5.74, 6) is 1.07. The van der Waals surface area contributed by atoms with E-state index in [2.05, 4.69) is 18.3 Å². The second-order valence-corrected chi connectivity index (χ2v) is 7.21. The number of likely N-dealkylation sites (N-methyl/N-ethyl adjacent to an activating group) is 1. The maximum Gasteiger partial charge on any atom is 0.254 e. The molecule has 1 saturated heterocycles. The number of carbonyl (C=O) groups is 1. The molecule has 0 spiro atoms. The Morgan fingerprint density at radius 3 is 2.67 bits per heavy atom. The summed E-state index contributed by atoms with van der Waals surface area (Å²) in [5.41, 5.74) is 1.33. The number of fused-ring (bicyclic) bond motifs is 1. The summed E-state index contributed by atoms with van der Waals surface area (Å²) in [7, 11) is 3.52. The van der Waals surface area contributed by atoms with Crippen LogP contribution in [0.25, 0.3) is 11.0 Å². The number of carbonyl (C=O) groups excluding carboxylic acids is 1. The lowest BCUT2D eigenvalue weighted by Crippen LogP contribution is -2.54. The number of benzene rings is 1. The van der Waals surface area contributed by atoms with Gasteiger partial charge in [-0.2, -0.15) is 0 Å². The van der Waals surface area contributed by atoms with Crippen LogP contribution in [0.4, 0.5) is 0 Å². The zero-order valence-corrected chi connectivity index (χ0v) is 17.4.